The number of carbonyl (C=O) groups is 2. The molecule has 6 aromatic heterocycles. The largest absolute Gasteiger partial charge is 0.492 e. The predicted octanol–water partition coefficient (Wildman–Crippen LogP) is 5.74. The van der Waals surface area contributed by atoms with Gasteiger partial charge in [-0.1, -0.05) is 0 Å². The topological polar surface area (TPSA) is 160 Å². The zero-order valence-corrected chi connectivity index (χ0v) is 30.4. The smallest absolute Gasteiger partial charge is 0.231 e. The molecule has 3 aliphatic rings. The van der Waals surface area contributed by atoms with Crippen molar-refractivity contribution >= 4 is 45.3 Å². The number of methoxy groups -OCH3 is 1. The van der Waals surface area contributed by atoms with Gasteiger partial charge in [0.2, 0.25) is 23.6 Å². The summed E-state index contributed by atoms with van der Waals surface area (Å²) < 4.78 is 49.4. The average molecular weight is 750 g/mol. The molecule has 2 amide bonds. The minimum atomic E-state index is -1.10. The summed E-state index contributed by atoms with van der Waals surface area (Å²) in [7, 11) is 5.35. The number of halogens is 2. The van der Waals surface area contributed by atoms with Gasteiger partial charge in [0.15, 0.2) is 0 Å². The van der Waals surface area contributed by atoms with Crippen LogP contribution in [-0.4, -0.2) is 78.0 Å². The van der Waals surface area contributed by atoms with Crippen molar-refractivity contribution in [1.29, 1.82) is 0 Å². The Morgan fingerprint density at radius 2 is 1.36 bits per heavy atom. The van der Waals surface area contributed by atoms with E-state index >= 15 is 0 Å². The number of nitrogens with zero attached hydrogens (tertiary/aromatic N) is 7. The molecule has 55 heavy (non-hydrogen) atoms. The molecule has 3 saturated carbocycles. The number of hydrogen-bond acceptors (Lipinski definition) is 10. The summed E-state index contributed by atoms with van der Waals surface area (Å²) >= 11 is 0. The summed E-state index contributed by atoms with van der Waals surface area (Å²) in [5.41, 5.74) is 5.41. The molecule has 2 unspecified atom stereocenters. The molecule has 3 aliphatic carbocycles. The SMILES string of the molecule is COc1ncnc(OC2CC2COc2ccnc(C)c2-c2cc3cc(NC(=O)[C@@H]4C[C@@H]4F)ncc3n2C)c1-c1cc2cc(NC(=O)[C@@H]3C[C@@H]3F)ncc2n1C. The number of anilines is 2. The van der Waals surface area contributed by atoms with Gasteiger partial charge < -0.3 is 34.0 Å². The molecule has 6 heterocycles. The van der Waals surface area contributed by atoms with Gasteiger partial charge in [-0.2, -0.15) is 0 Å². The van der Waals surface area contributed by atoms with Gasteiger partial charge in [0.1, 0.15) is 47.7 Å². The normalized spacial score (nSPS) is 22.4. The Kier molecular flexibility index (Phi) is 8.35. The van der Waals surface area contributed by atoms with Gasteiger partial charge in [-0.25, -0.2) is 28.7 Å². The number of ether oxygens (including phenoxy) is 3. The minimum Gasteiger partial charge on any atom is -0.492 e. The zero-order valence-electron chi connectivity index (χ0n) is 30.4. The lowest BCUT2D eigenvalue weighted by molar-refractivity contribution is -0.118. The third-order valence-corrected chi connectivity index (χ3v) is 10.6. The maximum absolute atomic E-state index is 13.4. The van der Waals surface area contributed by atoms with E-state index in [0.717, 1.165) is 50.9 Å². The molecule has 6 aromatic rings. The second-order valence-corrected chi connectivity index (χ2v) is 14.4. The fraction of sp³-hybridized carbons (Fsp3) is 0.359. The van der Waals surface area contributed by atoms with E-state index in [-0.39, 0.29) is 36.7 Å². The first-order valence-electron chi connectivity index (χ1n) is 18.0. The number of nitrogens with one attached hydrogen (secondary N) is 2. The molecule has 9 rings (SSSR count). The van der Waals surface area contributed by atoms with Crippen LogP contribution >= 0.6 is 0 Å². The molecular weight excluding hydrogens is 712 g/mol. The summed E-state index contributed by atoms with van der Waals surface area (Å²) in [5.74, 6) is 0.182. The summed E-state index contributed by atoms with van der Waals surface area (Å²) in [4.78, 5) is 46.8. The second kappa shape index (κ2) is 13.3. The first-order valence-corrected chi connectivity index (χ1v) is 18.0. The fourth-order valence-corrected chi connectivity index (χ4v) is 7.06. The lowest BCUT2D eigenvalue weighted by atomic mass is 10.1. The highest BCUT2D eigenvalue weighted by Crippen LogP contribution is 2.44. The van der Waals surface area contributed by atoms with Crippen LogP contribution in [0, 0.1) is 24.7 Å². The minimum absolute atomic E-state index is 0.0756. The molecule has 0 spiro atoms. The molecule has 2 N–H and O–H groups in total. The van der Waals surface area contributed by atoms with Crippen LogP contribution in [0.4, 0.5) is 20.4 Å². The number of aryl methyl sites for hydroxylation is 3. The zero-order chi connectivity index (χ0) is 38.1. The Morgan fingerprint density at radius 1 is 0.800 bits per heavy atom. The number of hydrogen-bond donors (Lipinski definition) is 2. The van der Waals surface area contributed by atoms with Gasteiger partial charge >= 0.3 is 0 Å². The standard InChI is InChI=1S/C39H37F2N9O5/c1-18-34(26-7-19-10-32(43-14-28(19)49(26)2)47-36(51)22-12-24(22)40)30(5-6-42-18)54-16-21-9-31(21)55-39-35(38(53-4)45-17-46-39)27-8-20-11-33(44-15-29(20)50(27)3)48-37(52)23-13-25(23)41/h5-8,10-11,14-15,17,21-25,31H,9,12-13,16H2,1-4H3,(H,43,47,51)(H,44,48,52)/t21?,22-,23-,24+,25+,31?/m1/s1. The van der Waals surface area contributed by atoms with Crippen molar-refractivity contribution < 1.29 is 32.6 Å². The second-order valence-electron chi connectivity index (χ2n) is 14.4. The molecule has 0 aliphatic heterocycles. The van der Waals surface area contributed by atoms with Crippen molar-refractivity contribution in [3.8, 4) is 40.0 Å². The van der Waals surface area contributed by atoms with Gasteiger partial charge in [-0.15, -0.1) is 0 Å². The Bertz CT molecular complexity index is 2520. The number of alkyl halides is 2. The number of pyridine rings is 3. The van der Waals surface area contributed by atoms with Crippen molar-refractivity contribution in [3.05, 3.63) is 60.9 Å². The third kappa shape index (κ3) is 6.44. The molecule has 282 valence electrons. The molecule has 0 aromatic carbocycles. The van der Waals surface area contributed by atoms with Gasteiger partial charge in [0, 0.05) is 37.0 Å². The summed E-state index contributed by atoms with van der Waals surface area (Å²) in [6, 6.07) is 9.29. The van der Waals surface area contributed by atoms with E-state index in [9.17, 15) is 18.4 Å². The van der Waals surface area contributed by atoms with Crippen LogP contribution in [0.2, 0.25) is 0 Å². The molecule has 3 fully saturated rings. The molecule has 16 heteroatoms. The summed E-state index contributed by atoms with van der Waals surface area (Å²) in [6.07, 6.45) is 5.31. The predicted molar refractivity (Wildman–Crippen MR) is 198 cm³/mol. The van der Waals surface area contributed by atoms with Crippen LogP contribution in [0.25, 0.3) is 44.3 Å². The Hall–Kier alpha value is -6.19. The van der Waals surface area contributed by atoms with E-state index in [1.165, 1.54) is 13.4 Å². The molecule has 0 saturated heterocycles. The molecule has 14 nitrogen and oxygen atoms in total. The van der Waals surface area contributed by atoms with E-state index in [4.69, 9.17) is 14.2 Å². The highest BCUT2D eigenvalue weighted by atomic mass is 19.1. The maximum atomic E-state index is 13.4. The van der Waals surface area contributed by atoms with E-state index < -0.39 is 24.2 Å². The molecule has 6 atom stereocenters. The van der Waals surface area contributed by atoms with Gasteiger partial charge in [-0.05, 0) is 56.5 Å². The van der Waals surface area contributed by atoms with Crippen LogP contribution < -0.4 is 24.8 Å². The maximum Gasteiger partial charge on any atom is 0.231 e. The van der Waals surface area contributed by atoms with Crippen molar-refractivity contribution in [2.45, 2.75) is 44.6 Å². The van der Waals surface area contributed by atoms with E-state index in [2.05, 4.69) is 35.6 Å². The van der Waals surface area contributed by atoms with E-state index in [1.54, 1.807) is 30.7 Å². The van der Waals surface area contributed by atoms with Crippen LogP contribution in [-0.2, 0) is 23.7 Å². The number of carbonyl (C=O) groups excluding carboxylic acids is 2. The van der Waals surface area contributed by atoms with Gasteiger partial charge in [0.25, 0.3) is 0 Å². The number of aromatic nitrogens is 7. The Labute approximate surface area is 313 Å². The van der Waals surface area contributed by atoms with Crippen LogP contribution in [0.1, 0.15) is 25.0 Å². The van der Waals surface area contributed by atoms with Crippen molar-refractivity contribution in [3.63, 3.8) is 0 Å². The van der Waals surface area contributed by atoms with Crippen LogP contribution in [0.5, 0.6) is 17.5 Å². The van der Waals surface area contributed by atoms with Crippen LogP contribution in [0.15, 0.2) is 55.2 Å². The lowest BCUT2D eigenvalue weighted by Crippen LogP contribution is -2.15. The highest BCUT2D eigenvalue weighted by molar-refractivity contribution is 5.98. The monoisotopic (exact) mass is 749 g/mol. The number of amides is 2. The summed E-state index contributed by atoms with van der Waals surface area (Å²) in [6.45, 7) is 2.31. The average Bonchev–Trinajstić information content (AvgIpc) is 4.13. The van der Waals surface area contributed by atoms with Crippen molar-refractivity contribution in [2.75, 3.05) is 24.4 Å². The Morgan fingerprint density at radius 3 is 1.93 bits per heavy atom. The van der Waals surface area contributed by atoms with Crippen LogP contribution in [0.3, 0.4) is 0 Å². The Balaban J connectivity index is 0.916. The van der Waals surface area contributed by atoms with Gasteiger partial charge in [-0.3, -0.25) is 14.6 Å². The van der Waals surface area contributed by atoms with Crippen molar-refractivity contribution in [2.24, 2.45) is 31.8 Å². The number of rotatable bonds is 12. The van der Waals surface area contributed by atoms with E-state index in [0.29, 0.717) is 41.3 Å². The van der Waals surface area contributed by atoms with Gasteiger partial charge in [0.05, 0.1) is 71.6 Å². The first-order chi connectivity index (χ1) is 26.6. The van der Waals surface area contributed by atoms with E-state index in [1.807, 2.05) is 48.4 Å². The highest BCUT2D eigenvalue weighted by Gasteiger charge is 2.45. The molecule has 0 radical (unpaired) electrons. The van der Waals surface area contributed by atoms with Crippen molar-refractivity contribution in [1.82, 2.24) is 34.1 Å². The quantitative estimate of drug-likeness (QED) is 0.158. The third-order valence-electron chi connectivity index (χ3n) is 10.6. The fourth-order valence-electron chi connectivity index (χ4n) is 7.06. The number of fused-ring (bicyclic) bond motifs is 2. The summed E-state index contributed by atoms with van der Waals surface area (Å²) in [5, 5.41) is 7.10. The lowest BCUT2D eigenvalue weighted by Gasteiger charge is -2.15. The first kappa shape index (κ1) is 34.6. The molecular formula is C39H37F2N9O5. The molecule has 0 bridgehead atoms.